The Kier molecular flexibility index (Phi) is 8.74. The number of imide groups is 1. The predicted octanol–water partition coefficient (Wildman–Crippen LogP) is 7.52. The molecule has 0 aromatic heterocycles. The molecule has 0 N–H and O–H groups in total. The SMILES string of the molecule is Cc1ccc(C(=O)Oc2ccc(Br)cc2/C=C2\SC(=O)N(CCOc3cc(C)ccc3C(C)C)C2=O)cc1. The lowest BCUT2D eigenvalue weighted by Crippen LogP contribution is -2.32. The van der Waals surface area contributed by atoms with E-state index in [1.165, 1.54) is 4.90 Å². The van der Waals surface area contributed by atoms with Crippen molar-refractivity contribution >= 4 is 50.9 Å². The summed E-state index contributed by atoms with van der Waals surface area (Å²) in [5, 5.41) is -0.369. The van der Waals surface area contributed by atoms with Gasteiger partial charge < -0.3 is 9.47 Å². The molecule has 0 aliphatic carbocycles. The fourth-order valence-electron chi connectivity index (χ4n) is 3.90. The molecule has 1 saturated heterocycles. The summed E-state index contributed by atoms with van der Waals surface area (Å²) >= 11 is 4.28. The smallest absolute Gasteiger partial charge is 0.343 e. The summed E-state index contributed by atoms with van der Waals surface area (Å²) in [6.45, 7) is 8.42. The molecule has 0 bridgehead atoms. The van der Waals surface area contributed by atoms with Crippen LogP contribution in [0.3, 0.4) is 0 Å². The topological polar surface area (TPSA) is 72.9 Å². The van der Waals surface area contributed by atoms with Crippen LogP contribution >= 0.6 is 27.7 Å². The maximum absolute atomic E-state index is 13.1. The van der Waals surface area contributed by atoms with Crippen molar-refractivity contribution in [1.82, 2.24) is 4.90 Å². The molecule has 38 heavy (non-hydrogen) atoms. The molecule has 2 amide bonds. The van der Waals surface area contributed by atoms with Gasteiger partial charge in [0.15, 0.2) is 0 Å². The van der Waals surface area contributed by atoms with Crippen LogP contribution in [0.4, 0.5) is 4.79 Å². The molecule has 1 heterocycles. The first-order chi connectivity index (χ1) is 18.1. The highest BCUT2D eigenvalue weighted by Gasteiger charge is 2.35. The van der Waals surface area contributed by atoms with Crippen molar-refractivity contribution in [1.29, 1.82) is 0 Å². The van der Waals surface area contributed by atoms with Crippen molar-refractivity contribution in [2.24, 2.45) is 0 Å². The van der Waals surface area contributed by atoms with Crippen molar-refractivity contribution in [2.75, 3.05) is 13.2 Å². The van der Waals surface area contributed by atoms with Gasteiger partial charge in [0, 0.05) is 10.0 Å². The first-order valence-electron chi connectivity index (χ1n) is 12.2. The summed E-state index contributed by atoms with van der Waals surface area (Å²) < 4.78 is 12.4. The normalized spacial score (nSPS) is 14.5. The maximum Gasteiger partial charge on any atom is 0.343 e. The molecule has 4 rings (SSSR count). The summed E-state index contributed by atoms with van der Waals surface area (Å²) in [5.74, 6) is 0.411. The minimum Gasteiger partial charge on any atom is -0.491 e. The van der Waals surface area contributed by atoms with Crippen LogP contribution in [-0.2, 0) is 4.79 Å². The first kappa shape index (κ1) is 27.7. The van der Waals surface area contributed by atoms with Crippen molar-refractivity contribution in [3.05, 3.63) is 97.9 Å². The van der Waals surface area contributed by atoms with Gasteiger partial charge in [-0.3, -0.25) is 14.5 Å². The number of amides is 2. The van der Waals surface area contributed by atoms with Gasteiger partial charge in [-0.1, -0.05) is 59.6 Å². The fourth-order valence-corrected chi connectivity index (χ4v) is 5.13. The minimum absolute atomic E-state index is 0.126. The van der Waals surface area contributed by atoms with Crippen molar-refractivity contribution in [2.45, 2.75) is 33.6 Å². The Bertz CT molecular complexity index is 1410. The molecule has 0 saturated carbocycles. The molecule has 0 atom stereocenters. The molecular weight excluding hydrogens is 566 g/mol. The quantitative estimate of drug-likeness (QED) is 0.153. The predicted molar refractivity (Wildman–Crippen MR) is 154 cm³/mol. The zero-order chi connectivity index (χ0) is 27.4. The lowest BCUT2D eigenvalue weighted by Gasteiger charge is -2.17. The number of benzene rings is 3. The Hall–Kier alpha value is -3.36. The Labute approximate surface area is 235 Å². The third-order valence-electron chi connectivity index (χ3n) is 5.99. The van der Waals surface area contributed by atoms with Crippen molar-refractivity contribution < 1.29 is 23.9 Å². The second-order valence-electron chi connectivity index (χ2n) is 9.32. The van der Waals surface area contributed by atoms with Gasteiger partial charge in [-0.25, -0.2) is 4.79 Å². The minimum atomic E-state index is -0.510. The van der Waals surface area contributed by atoms with Gasteiger partial charge in [0.2, 0.25) is 0 Å². The van der Waals surface area contributed by atoms with Crippen LogP contribution in [0.15, 0.2) is 70.0 Å². The molecule has 196 valence electrons. The van der Waals surface area contributed by atoms with Crippen molar-refractivity contribution in [3.63, 3.8) is 0 Å². The van der Waals surface area contributed by atoms with Crippen LogP contribution in [-0.4, -0.2) is 35.2 Å². The highest BCUT2D eigenvalue weighted by atomic mass is 79.9. The number of rotatable bonds is 8. The largest absolute Gasteiger partial charge is 0.491 e. The number of aryl methyl sites for hydroxylation is 2. The summed E-state index contributed by atoms with van der Waals surface area (Å²) in [5.41, 5.74) is 4.10. The van der Waals surface area contributed by atoms with E-state index in [1.807, 2.05) is 44.2 Å². The van der Waals surface area contributed by atoms with Crippen LogP contribution in [0.1, 0.15) is 52.4 Å². The molecule has 8 heteroatoms. The number of esters is 1. The number of hydrogen-bond acceptors (Lipinski definition) is 6. The molecule has 3 aromatic rings. The Morgan fingerprint density at radius 1 is 0.974 bits per heavy atom. The lowest BCUT2D eigenvalue weighted by atomic mass is 10.0. The van der Waals surface area contributed by atoms with E-state index in [4.69, 9.17) is 9.47 Å². The summed E-state index contributed by atoms with van der Waals surface area (Å²) in [6.07, 6.45) is 1.58. The monoisotopic (exact) mass is 593 g/mol. The number of hydrogen-bond donors (Lipinski definition) is 0. The number of ether oxygens (including phenoxy) is 2. The van der Waals surface area contributed by atoms with E-state index in [9.17, 15) is 14.4 Å². The molecular formula is C30H28BrNO5S. The fraction of sp³-hybridized carbons (Fsp3) is 0.233. The third kappa shape index (κ3) is 6.55. The summed E-state index contributed by atoms with van der Waals surface area (Å²) in [6, 6.07) is 18.2. The van der Waals surface area contributed by atoms with Crippen molar-refractivity contribution in [3.8, 4) is 11.5 Å². The number of halogens is 1. The molecule has 0 radical (unpaired) electrons. The van der Waals surface area contributed by atoms with Gasteiger partial charge in [0.05, 0.1) is 17.0 Å². The third-order valence-corrected chi connectivity index (χ3v) is 7.39. The first-order valence-corrected chi connectivity index (χ1v) is 13.8. The van der Waals surface area contributed by atoms with Gasteiger partial charge in [-0.2, -0.15) is 0 Å². The van der Waals surface area contributed by atoms with E-state index in [2.05, 4.69) is 29.8 Å². The Balaban J connectivity index is 1.48. The molecule has 1 fully saturated rings. The van der Waals surface area contributed by atoms with E-state index in [1.54, 1.807) is 36.4 Å². The van der Waals surface area contributed by atoms with Crippen LogP contribution in [0.25, 0.3) is 6.08 Å². The average molecular weight is 595 g/mol. The number of carbonyl (C=O) groups excluding carboxylic acids is 3. The standard InChI is InChI=1S/C30H28BrNO5S/c1-18(2)24-11-7-20(4)15-26(24)36-14-13-32-28(33)27(38-30(32)35)17-22-16-23(31)10-12-25(22)37-29(34)21-8-5-19(3)6-9-21/h5-12,15-18H,13-14H2,1-4H3/b27-17-. The number of carbonyl (C=O) groups is 3. The van der Waals surface area contributed by atoms with Crippen LogP contribution < -0.4 is 9.47 Å². The number of thioether (sulfide) groups is 1. The van der Waals surface area contributed by atoms with Gasteiger partial charge in [0.1, 0.15) is 18.1 Å². The Morgan fingerprint density at radius 3 is 2.39 bits per heavy atom. The summed E-state index contributed by atoms with van der Waals surface area (Å²) in [7, 11) is 0. The number of nitrogens with zero attached hydrogens (tertiary/aromatic N) is 1. The highest BCUT2D eigenvalue weighted by molar-refractivity contribution is 9.10. The highest BCUT2D eigenvalue weighted by Crippen LogP contribution is 2.35. The zero-order valence-electron chi connectivity index (χ0n) is 21.6. The molecule has 0 unspecified atom stereocenters. The molecule has 1 aliphatic heterocycles. The summed E-state index contributed by atoms with van der Waals surface area (Å²) in [4.78, 5) is 39.9. The molecule has 0 spiro atoms. The van der Waals surface area contributed by atoms with Crippen LogP contribution in [0.5, 0.6) is 11.5 Å². The lowest BCUT2D eigenvalue weighted by molar-refractivity contribution is -0.123. The van der Waals surface area contributed by atoms with Gasteiger partial charge in [-0.05, 0) is 85.1 Å². The zero-order valence-corrected chi connectivity index (χ0v) is 24.0. The van der Waals surface area contributed by atoms with E-state index in [0.717, 1.165) is 38.7 Å². The maximum atomic E-state index is 13.1. The van der Waals surface area contributed by atoms with E-state index in [-0.39, 0.29) is 35.0 Å². The van der Waals surface area contributed by atoms with E-state index in [0.29, 0.717) is 11.1 Å². The van der Waals surface area contributed by atoms with Gasteiger partial charge in [-0.15, -0.1) is 0 Å². The second kappa shape index (κ2) is 12.0. The molecule has 1 aliphatic rings. The molecule has 3 aromatic carbocycles. The van der Waals surface area contributed by atoms with Crippen LogP contribution in [0.2, 0.25) is 0 Å². The average Bonchev–Trinajstić information content (AvgIpc) is 3.13. The Morgan fingerprint density at radius 2 is 1.68 bits per heavy atom. The van der Waals surface area contributed by atoms with E-state index < -0.39 is 11.9 Å². The van der Waals surface area contributed by atoms with E-state index >= 15 is 0 Å². The molecule has 6 nitrogen and oxygen atoms in total. The van der Waals surface area contributed by atoms with Gasteiger partial charge in [0.25, 0.3) is 11.1 Å². The van der Waals surface area contributed by atoms with Crippen LogP contribution in [0, 0.1) is 13.8 Å². The second-order valence-corrected chi connectivity index (χ2v) is 11.2. The van der Waals surface area contributed by atoms with Gasteiger partial charge >= 0.3 is 5.97 Å².